The predicted molar refractivity (Wildman–Crippen MR) is 77.7 cm³/mol. The number of hydrogen-bond acceptors (Lipinski definition) is 3. The number of carbonyl (C=O) groups is 1. The number of carboxylic acids is 1. The monoisotopic (exact) mass is 339 g/mol. The molecule has 2 N–H and O–H groups in total. The maximum absolute atomic E-state index is 12.3. The summed E-state index contributed by atoms with van der Waals surface area (Å²) in [6, 6.07) is 3.65. The van der Waals surface area contributed by atoms with Gasteiger partial charge in [0.25, 0.3) is 0 Å². The summed E-state index contributed by atoms with van der Waals surface area (Å²) >= 11 is 11.7. The van der Waals surface area contributed by atoms with Crippen molar-refractivity contribution in [2.45, 2.75) is 37.1 Å². The van der Waals surface area contributed by atoms with Crippen LogP contribution in [0.25, 0.3) is 0 Å². The molecule has 1 aromatic rings. The lowest BCUT2D eigenvalue weighted by Crippen LogP contribution is -2.36. The van der Waals surface area contributed by atoms with E-state index in [4.69, 9.17) is 28.3 Å². The molecule has 0 heterocycles. The van der Waals surface area contributed by atoms with Gasteiger partial charge in [0.1, 0.15) is 4.90 Å². The van der Waals surface area contributed by atoms with Crippen molar-refractivity contribution in [2.75, 3.05) is 0 Å². The molecule has 0 radical (unpaired) electrons. The second-order valence-electron chi connectivity index (χ2n) is 4.26. The van der Waals surface area contributed by atoms with Crippen molar-refractivity contribution in [1.82, 2.24) is 4.72 Å². The van der Waals surface area contributed by atoms with Crippen molar-refractivity contribution in [3.8, 4) is 0 Å². The molecule has 5 nitrogen and oxygen atoms in total. The molecular weight excluding hydrogens is 325 g/mol. The van der Waals surface area contributed by atoms with Crippen LogP contribution in [-0.2, 0) is 14.8 Å². The van der Waals surface area contributed by atoms with Crippen LogP contribution in [-0.4, -0.2) is 25.5 Å². The first-order valence-electron chi connectivity index (χ1n) is 5.96. The fourth-order valence-electron chi connectivity index (χ4n) is 1.78. The summed E-state index contributed by atoms with van der Waals surface area (Å²) < 4.78 is 26.9. The smallest absolute Gasteiger partial charge is 0.304 e. The minimum atomic E-state index is -3.97. The van der Waals surface area contributed by atoms with Crippen LogP contribution in [0.2, 0.25) is 10.0 Å². The minimum Gasteiger partial charge on any atom is -0.481 e. The van der Waals surface area contributed by atoms with E-state index in [0.717, 1.165) is 0 Å². The molecule has 0 bridgehead atoms. The first kappa shape index (κ1) is 17.2. The van der Waals surface area contributed by atoms with Crippen LogP contribution in [0.3, 0.4) is 0 Å². The lowest BCUT2D eigenvalue weighted by Gasteiger charge is -2.17. The maximum Gasteiger partial charge on any atom is 0.304 e. The van der Waals surface area contributed by atoms with E-state index in [9.17, 15) is 13.2 Å². The van der Waals surface area contributed by atoms with Crippen LogP contribution in [0.1, 0.15) is 26.2 Å². The first-order chi connectivity index (χ1) is 9.27. The molecule has 1 rings (SSSR count). The summed E-state index contributed by atoms with van der Waals surface area (Å²) in [6.07, 6.45) is 0.763. The SMILES string of the molecule is CCCC(CC(=O)O)NS(=O)(=O)c1c(Cl)cccc1Cl. The Morgan fingerprint density at radius 3 is 2.35 bits per heavy atom. The first-order valence-corrected chi connectivity index (χ1v) is 8.20. The van der Waals surface area contributed by atoms with Gasteiger partial charge < -0.3 is 5.11 Å². The van der Waals surface area contributed by atoms with E-state index >= 15 is 0 Å². The van der Waals surface area contributed by atoms with Crippen LogP contribution in [0, 0.1) is 0 Å². The zero-order valence-electron chi connectivity index (χ0n) is 10.8. The molecule has 20 heavy (non-hydrogen) atoms. The van der Waals surface area contributed by atoms with Gasteiger partial charge in [-0.2, -0.15) is 0 Å². The normalized spacial score (nSPS) is 13.2. The van der Waals surface area contributed by atoms with Gasteiger partial charge in [0, 0.05) is 6.04 Å². The number of aliphatic carboxylic acids is 1. The van der Waals surface area contributed by atoms with E-state index < -0.39 is 22.0 Å². The lowest BCUT2D eigenvalue weighted by molar-refractivity contribution is -0.137. The predicted octanol–water partition coefficient (Wildman–Crippen LogP) is 2.92. The number of rotatable bonds is 7. The van der Waals surface area contributed by atoms with Gasteiger partial charge in [-0.3, -0.25) is 4.79 Å². The molecule has 0 aliphatic rings. The van der Waals surface area contributed by atoms with E-state index in [1.807, 2.05) is 6.92 Å². The number of benzene rings is 1. The zero-order chi connectivity index (χ0) is 15.3. The molecule has 0 fully saturated rings. The van der Waals surface area contributed by atoms with Gasteiger partial charge in [-0.15, -0.1) is 0 Å². The minimum absolute atomic E-state index is 0.00410. The highest BCUT2D eigenvalue weighted by Crippen LogP contribution is 2.29. The molecule has 0 spiro atoms. The Kier molecular flexibility index (Phi) is 6.26. The molecule has 0 amide bonds. The molecule has 0 aromatic heterocycles. The highest BCUT2D eigenvalue weighted by molar-refractivity contribution is 7.89. The third kappa shape index (κ3) is 4.63. The third-order valence-corrected chi connectivity index (χ3v) is 5.04. The molecule has 1 unspecified atom stereocenters. The summed E-state index contributed by atoms with van der Waals surface area (Å²) in [4.78, 5) is 10.5. The molecule has 1 atom stereocenters. The van der Waals surface area contributed by atoms with E-state index in [2.05, 4.69) is 4.72 Å². The lowest BCUT2D eigenvalue weighted by atomic mass is 10.1. The van der Waals surface area contributed by atoms with Crippen LogP contribution in [0.15, 0.2) is 23.1 Å². The molecule has 0 saturated carbocycles. The fourth-order valence-corrected chi connectivity index (χ4v) is 4.19. The number of nitrogens with one attached hydrogen (secondary N) is 1. The van der Waals surface area contributed by atoms with Gasteiger partial charge in [-0.25, -0.2) is 13.1 Å². The topological polar surface area (TPSA) is 83.5 Å². The van der Waals surface area contributed by atoms with Gasteiger partial charge in [0.2, 0.25) is 10.0 Å². The Morgan fingerprint density at radius 2 is 1.90 bits per heavy atom. The fraction of sp³-hybridized carbons (Fsp3) is 0.417. The Morgan fingerprint density at radius 1 is 1.35 bits per heavy atom. The van der Waals surface area contributed by atoms with E-state index in [1.54, 1.807) is 0 Å². The van der Waals surface area contributed by atoms with Crippen molar-refractivity contribution >= 4 is 39.2 Å². The summed E-state index contributed by atoms with van der Waals surface area (Å²) in [5.74, 6) is -1.07. The van der Waals surface area contributed by atoms with Crippen molar-refractivity contribution in [3.05, 3.63) is 28.2 Å². The Labute approximate surface area is 127 Å². The van der Waals surface area contributed by atoms with Gasteiger partial charge in [-0.1, -0.05) is 42.6 Å². The number of sulfonamides is 1. The average molecular weight is 340 g/mol. The van der Waals surface area contributed by atoms with Gasteiger partial charge >= 0.3 is 5.97 Å². The van der Waals surface area contributed by atoms with E-state index in [1.165, 1.54) is 18.2 Å². The molecule has 8 heteroatoms. The number of halogens is 2. The molecular formula is C12H15Cl2NO4S. The van der Waals surface area contributed by atoms with Crippen LogP contribution in [0.4, 0.5) is 0 Å². The van der Waals surface area contributed by atoms with Gasteiger partial charge in [0.15, 0.2) is 0 Å². The molecule has 0 saturated heterocycles. The highest BCUT2D eigenvalue weighted by Gasteiger charge is 2.25. The van der Waals surface area contributed by atoms with Crippen LogP contribution < -0.4 is 4.72 Å². The standard InChI is InChI=1S/C12H15Cl2NO4S/c1-2-4-8(7-11(16)17)15-20(18,19)12-9(13)5-3-6-10(12)14/h3,5-6,8,15H,2,4,7H2,1H3,(H,16,17). The Hall–Kier alpha value is -0.820. The molecule has 1 aromatic carbocycles. The Bertz CT molecular complexity index is 569. The molecule has 0 aliphatic carbocycles. The number of carboxylic acid groups (broad SMARTS) is 1. The Balaban J connectivity index is 3.06. The number of hydrogen-bond donors (Lipinski definition) is 2. The van der Waals surface area contributed by atoms with E-state index in [-0.39, 0.29) is 21.4 Å². The quantitative estimate of drug-likeness (QED) is 0.799. The summed E-state index contributed by atoms with van der Waals surface area (Å²) in [6.45, 7) is 1.84. The van der Waals surface area contributed by atoms with Crippen molar-refractivity contribution < 1.29 is 18.3 Å². The second-order valence-corrected chi connectivity index (χ2v) is 6.72. The highest BCUT2D eigenvalue weighted by atomic mass is 35.5. The van der Waals surface area contributed by atoms with E-state index in [0.29, 0.717) is 12.8 Å². The third-order valence-electron chi connectivity index (χ3n) is 2.57. The van der Waals surface area contributed by atoms with Crippen molar-refractivity contribution in [1.29, 1.82) is 0 Å². The van der Waals surface area contributed by atoms with Gasteiger partial charge in [-0.05, 0) is 18.6 Å². The second kappa shape index (κ2) is 7.26. The molecule has 0 aliphatic heterocycles. The maximum atomic E-state index is 12.3. The summed E-state index contributed by atoms with van der Waals surface area (Å²) in [7, 11) is -3.97. The largest absolute Gasteiger partial charge is 0.481 e. The van der Waals surface area contributed by atoms with Crippen molar-refractivity contribution in [2.24, 2.45) is 0 Å². The van der Waals surface area contributed by atoms with Crippen molar-refractivity contribution in [3.63, 3.8) is 0 Å². The summed E-state index contributed by atoms with van der Waals surface area (Å²) in [5, 5.41) is 8.79. The van der Waals surface area contributed by atoms with Crippen LogP contribution >= 0.6 is 23.2 Å². The zero-order valence-corrected chi connectivity index (χ0v) is 13.1. The van der Waals surface area contributed by atoms with Crippen LogP contribution in [0.5, 0.6) is 0 Å². The molecule has 112 valence electrons. The summed E-state index contributed by atoms with van der Waals surface area (Å²) in [5.41, 5.74) is 0. The van der Waals surface area contributed by atoms with Gasteiger partial charge in [0.05, 0.1) is 16.5 Å². The average Bonchev–Trinajstić information content (AvgIpc) is 2.26.